The number of rotatable bonds is 8. The molecule has 39 heavy (non-hydrogen) atoms. The summed E-state index contributed by atoms with van der Waals surface area (Å²) in [5.41, 5.74) is 1.14. The van der Waals surface area contributed by atoms with Crippen LogP contribution >= 0.6 is 0 Å². The van der Waals surface area contributed by atoms with Crippen LogP contribution in [0.1, 0.15) is 64.0 Å². The molecule has 1 fully saturated rings. The molecule has 2 amide bonds. The fraction of sp³-hybridized carbons (Fsp3) is 0.483. The van der Waals surface area contributed by atoms with E-state index in [1.165, 1.54) is 6.42 Å². The van der Waals surface area contributed by atoms with Crippen LogP contribution in [-0.4, -0.2) is 34.1 Å². The number of hydrogen-bond acceptors (Lipinski definition) is 8. The molecular formula is C29H37N5O5. The summed E-state index contributed by atoms with van der Waals surface area (Å²) in [6.45, 7) is 7.76. The minimum atomic E-state index is -0.651. The molecule has 0 spiro atoms. The van der Waals surface area contributed by atoms with Gasteiger partial charge in [-0.2, -0.15) is 4.98 Å². The SMILES string of the molecule is Cc1c(NC(=O)OC(C)(C)C)ccc2nc(NCC(C(=O)NCc3ccncc3)C3CCCCC3)oc(=O)c12. The fourth-order valence-electron chi connectivity index (χ4n) is 4.97. The molecule has 10 heteroatoms. The summed E-state index contributed by atoms with van der Waals surface area (Å²) in [5, 5.41) is 9.11. The number of amides is 2. The average Bonchev–Trinajstić information content (AvgIpc) is 2.89. The van der Waals surface area contributed by atoms with E-state index in [4.69, 9.17) is 9.15 Å². The largest absolute Gasteiger partial charge is 0.444 e. The van der Waals surface area contributed by atoms with Gasteiger partial charge >= 0.3 is 11.7 Å². The first-order chi connectivity index (χ1) is 18.6. The van der Waals surface area contributed by atoms with Crippen LogP contribution in [0.5, 0.6) is 0 Å². The lowest BCUT2D eigenvalue weighted by molar-refractivity contribution is -0.126. The quantitative estimate of drug-likeness (QED) is 0.360. The lowest BCUT2D eigenvalue weighted by Crippen LogP contribution is -2.39. The highest BCUT2D eigenvalue weighted by atomic mass is 16.6. The number of benzene rings is 1. The third kappa shape index (κ3) is 7.55. The molecule has 1 aliphatic carbocycles. The molecule has 4 rings (SSSR count). The normalized spacial score (nSPS) is 15.0. The molecule has 2 aromatic heterocycles. The number of aromatic nitrogens is 2. The van der Waals surface area contributed by atoms with Gasteiger partial charge in [-0.1, -0.05) is 19.3 Å². The first-order valence-corrected chi connectivity index (χ1v) is 13.5. The zero-order valence-electron chi connectivity index (χ0n) is 23.0. The number of carbonyl (C=O) groups excluding carboxylic acids is 2. The Morgan fingerprint density at radius 3 is 2.51 bits per heavy atom. The number of fused-ring (bicyclic) bond motifs is 1. The molecule has 208 valence electrons. The van der Waals surface area contributed by atoms with Crippen molar-refractivity contribution in [2.24, 2.45) is 11.8 Å². The van der Waals surface area contributed by atoms with E-state index in [2.05, 4.69) is 25.9 Å². The van der Waals surface area contributed by atoms with E-state index in [-0.39, 0.29) is 29.1 Å². The number of pyridine rings is 1. The molecule has 1 aromatic carbocycles. The average molecular weight is 536 g/mol. The maximum absolute atomic E-state index is 13.2. The molecule has 0 aliphatic heterocycles. The van der Waals surface area contributed by atoms with Crippen LogP contribution < -0.4 is 21.6 Å². The minimum Gasteiger partial charge on any atom is -0.444 e. The highest BCUT2D eigenvalue weighted by Crippen LogP contribution is 2.31. The molecule has 1 saturated carbocycles. The number of carbonyl (C=O) groups is 2. The molecule has 0 radical (unpaired) electrons. The van der Waals surface area contributed by atoms with Crippen molar-refractivity contribution in [2.75, 3.05) is 17.2 Å². The Balaban J connectivity index is 1.49. The van der Waals surface area contributed by atoms with Crippen molar-refractivity contribution < 1.29 is 18.7 Å². The first kappa shape index (κ1) is 28.1. The molecule has 2 heterocycles. The van der Waals surface area contributed by atoms with E-state index >= 15 is 0 Å². The summed E-state index contributed by atoms with van der Waals surface area (Å²) in [5.74, 6) is -0.0975. The molecule has 1 unspecified atom stereocenters. The molecular weight excluding hydrogens is 498 g/mol. The highest BCUT2D eigenvalue weighted by molar-refractivity contribution is 5.93. The fourth-order valence-corrected chi connectivity index (χ4v) is 4.97. The van der Waals surface area contributed by atoms with Crippen LogP contribution in [-0.2, 0) is 16.1 Å². The number of hydrogen-bond donors (Lipinski definition) is 3. The van der Waals surface area contributed by atoms with Crippen LogP contribution in [0.25, 0.3) is 10.9 Å². The second-order valence-electron chi connectivity index (χ2n) is 11.0. The van der Waals surface area contributed by atoms with Crippen molar-refractivity contribution in [1.82, 2.24) is 15.3 Å². The van der Waals surface area contributed by atoms with Crippen molar-refractivity contribution >= 4 is 34.6 Å². The van der Waals surface area contributed by atoms with Gasteiger partial charge in [-0.25, -0.2) is 9.59 Å². The van der Waals surface area contributed by atoms with Gasteiger partial charge < -0.3 is 19.8 Å². The van der Waals surface area contributed by atoms with E-state index in [1.54, 1.807) is 52.2 Å². The van der Waals surface area contributed by atoms with Gasteiger partial charge in [0, 0.05) is 31.2 Å². The van der Waals surface area contributed by atoms with Crippen LogP contribution in [0.4, 0.5) is 16.5 Å². The highest BCUT2D eigenvalue weighted by Gasteiger charge is 2.30. The summed E-state index contributed by atoms with van der Waals surface area (Å²) in [7, 11) is 0. The molecule has 3 N–H and O–H groups in total. The Labute approximate surface area is 227 Å². The smallest absolute Gasteiger partial charge is 0.412 e. The third-order valence-corrected chi connectivity index (χ3v) is 6.94. The third-order valence-electron chi connectivity index (χ3n) is 6.94. The zero-order chi connectivity index (χ0) is 28.0. The van der Waals surface area contributed by atoms with Crippen molar-refractivity contribution in [2.45, 2.75) is 71.9 Å². The lowest BCUT2D eigenvalue weighted by Gasteiger charge is -2.29. The standard InChI is InChI=1S/C29H37N5O5/c1-18-22(34-28(37)39-29(2,3)4)10-11-23-24(18)26(36)38-27(33-23)32-17-21(20-8-6-5-7-9-20)25(35)31-16-19-12-14-30-15-13-19/h10-15,20-21H,5-9,16-17H2,1-4H3,(H,31,35)(H,32,33)(H,34,37). The second kappa shape index (κ2) is 12.3. The van der Waals surface area contributed by atoms with Crippen LogP contribution in [0.15, 0.2) is 45.9 Å². The van der Waals surface area contributed by atoms with Crippen molar-refractivity contribution in [3.8, 4) is 0 Å². The Bertz CT molecular complexity index is 1360. The minimum absolute atomic E-state index is 0.0388. The number of nitrogens with zero attached hydrogens (tertiary/aromatic N) is 2. The summed E-state index contributed by atoms with van der Waals surface area (Å²) in [6.07, 6.45) is 8.13. The molecule has 0 bridgehead atoms. The van der Waals surface area contributed by atoms with Gasteiger partial charge in [0.2, 0.25) is 5.91 Å². The number of anilines is 2. The number of ether oxygens (including phenoxy) is 1. The van der Waals surface area contributed by atoms with Gasteiger partial charge in [0.15, 0.2) is 0 Å². The summed E-state index contributed by atoms with van der Waals surface area (Å²) in [4.78, 5) is 46.9. The van der Waals surface area contributed by atoms with E-state index in [0.717, 1.165) is 31.2 Å². The van der Waals surface area contributed by atoms with Crippen LogP contribution in [0.2, 0.25) is 0 Å². The monoisotopic (exact) mass is 535 g/mol. The van der Waals surface area contributed by atoms with Gasteiger partial charge in [-0.05, 0) is 81.8 Å². The van der Waals surface area contributed by atoms with E-state index in [1.807, 2.05) is 12.1 Å². The first-order valence-electron chi connectivity index (χ1n) is 13.5. The Kier molecular flexibility index (Phi) is 8.83. The summed E-state index contributed by atoms with van der Waals surface area (Å²) in [6, 6.07) is 7.13. The Morgan fingerprint density at radius 2 is 1.82 bits per heavy atom. The number of aryl methyl sites for hydroxylation is 1. The van der Waals surface area contributed by atoms with Crippen molar-refractivity contribution in [1.29, 1.82) is 0 Å². The van der Waals surface area contributed by atoms with Gasteiger partial charge in [-0.15, -0.1) is 0 Å². The maximum atomic E-state index is 13.2. The van der Waals surface area contributed by atoms with Gasteiger partial charge in [0.25, 0.3) is 6.01 Å². The van der Waals surface area contributed by atoms with Crippen LogP contribution in [0, 0.1) is 18.8 Å². The van der Waals surface area contributed by atoms with Gasteiger partial charge in [0.1, 0.15) is 5.60 Å². The molecule has 3 aromatic rings. The maximum Gasteiger partial charge on any atom is 0.412 e. The second-order valence-corrected chi connectivity index (χ2v) is 11.0. The predicted octanol–water partition coefficient (Wildman–Crippen LogP) is 5.16. The number of nitrogens with one attached hydrogen (secondary N) is 3. The molecule has 1 atom stereocenters. The zero-order valence-corrected chi connectivity index (χ0v) is 23.0. The van der Waals surface area contributed by atoms with E-state index < -0.39 is 17.3 Å². The van der Waals surface area contributed by atoms with Crippen LogP contribution in [0.3, 0.4) is 0 Å². The molecule has 1 aliphatic rings. The molecule has 0 saturated heterocycles. The summed E-state index contributed by atoms with van der Waals surface area (Å²) >= 11 is 0. The van der Waals surface area contributed by atoms with Gasteiger partial charge in [-0.3, -0.25) is 15.1 Å². The van der Waals surface area contributed by atoms with Crippen molar-refractivity contribution in [3.05, 3.63) is 58.2 Å². The molecule has 10 nitrogen and oxygen atoms in total. The summed E-state index contributed by atoms with van der Waals surface area (Å²) < 4.78 is 10.8. The Morgan fingerprint density at radius 1 is 1.10 bits per heavy atom. The van der Waals surface area contributed by atoms with Crippen molar-refractivity contribution in [3.63, 3.8) is 0 Å². The topological polar surface area (TPSA) is 135 Å². The van der Waals surface area contributed by atoms with E-state index in [9.17, 15) is 14.4 Å². The lowest BCUT2D eigenvalue weighted by atomic mass is 9.79. The van der Waals surface area contributed by atoms with E-state index in [0.29, 0.717) is 29.9 Å². The van der Waals surface area contributed by atoms with Gasteiger partial charge in [0.05, 0.1) is 16.8 Å². The Hall–Kier alpha value is -3.95. The predicted molar refractivity (Wildman–Crippen MR) is 150 cm³/mol.